The summed E-state index contributed by atoms with van der Waals surface area (Å²) in [7, 11) is 0. The van der Waals surface area contributed by atoms with E-state index in [4.69, 9.17) is 16.5 Å². The van der Waals surface area contributed by atoms with E-state index in [1.165, 1.54) is 29.7 Å². The molecule has 1 fully saturated rings. The van der Waals surface area contributed by atoms with Gasteiger partial charge in [-0.05, 0) is 74.5 Å². The van der Waals surface area contributed by atoms with E-state index in [2.05, 4.69) is 35.0 Å². The van der Waals surface area contributed by atoms with Crippen LogP contribution in [0.3, 0.4) is 0 Å². The first-order valence-corrected chi connectivity index (χ1v) is 9.19. The van der Waals surface area contributed by atoms with E-state index in [9.17, 15) is 0 Å². The molecule has 4 rings (SSSR count). The molecule has 5 nitrogen and oxygen atoms in total. The lowest BCUT2D eigenvalue weighted by molar-refractivity contribution is 0.252. The average Bonchev–Trinajstić information content (AvgIpc) is 2.57. The number of hydrogen-bond acceptors (Lipinski definition) is 5. The van der Waals surface area contributed by atoms with Crippen molar-refractivity contribution in [2.75, 3.05) is 4.90 Å². The molecule has 2 aliphatic carbocycles. The molecule has 1 spiro atoms. The molecule has 5 heteroatoms. The first-order valence-electron chi connectivity index (χ1n) is 9.19. The van der Waals surface area contributed by atoms with Gasteiger partial charge in [0, 0.05) is 5.69 Å². The van der Waals surface area contributed by atoms with E-state index >= 15 is 0 Å². The lowest BCUT2D eigenvalue weighted by atomic mass is 9.80. The average molecular weight is 325 g/mol. The fourth-order valence-corrected chi connectivity index (χ4v) is 4.55. The van der Waals surface area contributed by atoms with Crippen LogP contribution in [0, 0.1) is 5.92 Å². The Kier molecular flexibility index (Phi) is 3.74. The van der Waals surface area contributed by atoms with E-state index in [1.807, 2.05) is 0 Å². The molecule has 3 aliphatic rings. The number of aliphatic imine (C=N–C) groups is 2. The van der Waals surface area contributed by atoms with Crippen molar-refractivity contribution in [3.8, 4) is 0 Å². The summed E-state index contributed by atoms with van der Waals surface area (Å²) in [5.41, 5.74) is 16.1. The van der Waals surface area contributed by atoms with Crippen LogP contribution < -0.4 is 16.4 Å². The van der Waals surface area contributed by atoms with Gasteiger partial charge in [-0.2, -0.15) is 4.99 Å². The van der Waals surface area contributed by atoms with Crippen molar-refractivity contribution in [2.45, 2.75) is 64.0 Å². The Labute approximate surface area is 143 Å². The van der Waals surface area contributed by atoms with Crippen molar-refractivity contribution >= 4 is 17.6 Å². The van der Waals surface area contributed by atoms with E-state index in [-0.39, 0.29) is 5.66 Å². The van der Waals surface area contributed by atoms with Crippen LogP contribution in [0.2, 0.25) is 0 Å². The number of rotatable bonds is 1. The molecule has 1 aromatic carbocycles. The van der Waals surface area contributed by atoms with Gasteiger partial charge < -0.3 is 11.5 Å². The van der Waals surface area contributed by atoms with Crippen molar-refractivity contribution < 1.29 is 0 Å². The number of aryl methyl sites for hydroxylation is 1. The second-order valence-corrected chi connectivity index (χ2v) is 7.56. The summed E-state index contributed by atoms with van der Waals surface area (Å²) >= 11 is 0. The summed E-state index contributed by atoms with van der Waals surface area (Å²) in [5, 5.41) is 0. The summed E-state index contributed by atoms with van der Waals surface area (Å²) in [6.45, 7) is 2.31. The molecule has 1 aliphatic heterocycles. The second-order valence-electron chi connectivity index (χ2n) is 7.56. The Morgan fingerprint density at radius 1 is 1.12 bits per heavy atom. The minimum atomic E-state index is -0.352. The molecule has 0 unspecified atom stereocenters. The van der Waals surface area contributed by atoms with Crippen molar-refractivity contribution in [1.29, 1.82) is 0 Å². The number of nitrogens with two attached hydrogens (primary N) is 2. The van der Waals surface area contributed by atoms with Gasteiger partial charge in [-0.25, -0.2) is 4.99 Å². The molecule has 128 valence electrons. The third-order valence-electron chi connectivity index (χ3n) is 5.88. The molecule has 0 atom stereocenters. The summed E-state index contributed by atoms with van der Waals surface area (Å²) in [5.74, 6) is 1.55. The normalized spacial score (nSPS) is 29.9. The van der Waals surface area contributed by atoms with Gasteiger partial charge in [0.25, 0.3) is 0 Å². The maximum Gasteiger partial charge on any atom is 0.220 e. The van der Waals surface area contributed by atoms with Crippen LogP contribution in [0.1, 0.15) is 56.6 Å². The van der Waals surface area contributed by atoms with Crippen LogP contribution in [-0.2, 0) is 12.8 Å². The standard InChI is InChI=1S/C19H27N5/c1-13-9-11-19(12-10-13)23-17(20)22-18(21)24(19)16-8-4-6-14-5-2-3-7-15(14)16/h4,6,8,13H,2-3,5,7,9-12H2,1H3,(H4,20,21,22,23). The maximum absolute atomic E-state index is 6.39. The number of guanidine groups is 2. The van der Waals surface area contributed by atoms with Crippen molar-refractivity contribution in [1.82, 2.24) is 0 Å². The highest BCUT2D eigenvalue weighted by atomic mass is 15.4. The van der Waals surface area contributed by atoms with Crippen LogP contribution >= 0.6 is 0 Å². The van der Waals surface area contributed by atoms with Crippen molar-refractivity contribution in [3.05, 3.63) is 29.3 Å². The highest BCUT2D eigenvalue weighted by Gasteiger charge is 2.44. The third-order valence-corrected chi connectivity index (χ3v) is 5.88. The zero-order valence-corrected chi connectivity index (χ0v) is 14.5. The molecular formula is C19H27N5. The molecule has 1 aromatic rings. The topological polar surface area (TPSA) is 80.0 Å². The van der Waals surface area contributed by atoms with Crippen molar-refractivity contribution in [2.24, 2.45) is 27.4 Å². The highest BCUT2D eigenvalue weighted by molar-refractivity contribution is 6.06. The number of anilines is 1. The van der Waals surface area contributed by atoms with E-state index in [1.54, 1.807) is 0 Å². The lowest BCUT2D eigenvalue weighted by Gasteiger charge is -2.47. The molecule has 0 aromatic heterocycles. The Balaban J connectivity index is 1.82. The Morgan fingerprint density at radius 2 is 1.88 bits per heavy atom. The van der Waals surface area contributed by atoms with Crippen molar-refractivity contribution in [3.63, 3.8) is 0 Å². The number of hydrogen-bond donors (Lipinski definition) is 2. The molecule has 0 saturated heterocycles. The van der Waals surface area contributed by atoms with E-state index < -0.39 is 0 Å². The van der Waals surface area contributed by atoms with E-state index in [0.29, 0.717) is 11.9 Å². The molecular weight excluding hydrogens is 298 g/mol. The molecule has 1 saturated carbocycles. The fourth-order valence-electron chi connectivity index (χ4n) is 4.55. The Bertz CT molecular complexity index is 698. The van der Waals surface area contributed by atoms with Gasteiger partial charge in [0.2, 0.25) is 11.9 Å². The SMILES string of the molecule is CC1CCC2(CC1)N=C(N)N=C(N)N2c1cccc2c1CCCC2. The molecule has 4 N–H and O–H groups in total. The van der Waals surface area contributed by atoms with Crippen LogP contribution in [-0.4, -0.2) is 17.6 Å². The van der Waals surface area contributed by atoms with Gasteiger partial charge in [-0.3, -0.25) is 4.90 Å². The maximum atomic E-state index is 6.39. The number of nitrogens with zero attached hydrogens (tertiary/aromatic N) is 3. The first kappa shape index (κ1) is 15.5. The summed E-state index contributed by atoms with van der Waals surface area (Å²) in [6.07, 6.45) is 9.04. The van der Waals surface area contributed by atoms with Crippen LogP contribution in [0.15, 0.2) is 28.2 Å². The third kappa shape index (κ3) is 2.46. The molecule has 0 bridgehead atoms. The fraction of sp³-hybridized carbons (Fsp3) is 0.579. The summed E-state index contributed by atoms with van der Waals surface area (Å²) < 4.78 is 0. The van der Waals surface area contributed by atoms with Gasteiger partial charge in [0.1, 0.15) is 5.66 Å². The van der Waals surface area contributed by atoms with Gasteiger partial charge >= 0.3 is 0 Å². The molecule has 0 amide bonds. The zero-order chi connectivity index (χ0) is 16.7. The smallest absolute Gasteiger partial charge is 0.220 e. The molecule has 1 heterocycles. The lowest BCUT2D eigenvalue weighted by Crippen LogP contribution is -2.59. The molecule has 0 radical (unpaired) electrons. The Hall–Kier alpha value is -2.04. The van der Waals surface area contributed by atoms with Gasteiger partial charge in [-0.15, -0.1) is 0 Å². The quantitative estimate of drug-likeness (QED) is 0.833. The van der Waals surface area contributed by atoms with Crippen LogP contribution in [0.25, 0.3) is 0 Å². The number of benzene rings is 1. The highest BCUT2D eigenvalue weighted by Crippen LogP contribution is 2.43. The summed E-state index contributed by atoms with van der Waals surface area (Å²) in [4.78, 5) is 11.3. The van der Waals surface area contributed by atoms with Crippen LogP contribution in [0.4, 0.5) is 5.69 Å². The largest absolute Gasteiger partial charge is 0.369 e. The zero-order valence-electron chi connectivity index (χ0n) is 14.5. The van der Waals surface area contributed by atoms with Gasteiger partial charge in [0.15, 0.2) is 0 Å². The minimum Gasteiger partial charge on any atom is -0.369 e. The summed E-state index contributed by atoms with van der Waals surface area (Å²) in [6, 6.07) is 6.58. The van der Waals surface area contributed by atoms with Crippen LogP contribution in [0.5, 0.6) is 0 Å². The number of fused-ring (bicyclic) bond motifs is 1. The monoisotopic (exact) mass is 325 g/mol. The predicted octanol–water partition coefficient (Wildman–Crippen LogP) is 2.92. The Morgan fingerprint density at radius 3 is 2.67 bits per heavy atom. The second kappa shape index (κ2) is 5.80. The van der Waals surface area contributed by atoms with E-state index in [0.717, 1.165) is 44.4 Å². The first-order chi connectivity index (χ1) is 11.6. The van der Waals surface area contributed by atoms with Gasteiger partial charge in [0.05, 0.1) is 0 Å². The van der Waals surface area contributed by atoms with Gasteiger partial charge in [-0.1, -0.05) is 19.1 Å². The molecule has 24 heavy (non-hydrogen) atoms. The predicted molar refractivity (Wildman–Crippen MR) is 99.2 cm³/mol. The minimum absolute atomic E-state index is 0.322.